The molecule has 0 aromatic heterocycles. The Hall–Kier alpha value is -0.570. The van der Waals surface area contributed by atoms with Gasteiger partial charge in [-0.3, -0.25) is 9.69 Å². The lowest BCUT2D eigenvalue weighted by Crippen LogP contribution is -2.46. The molecule has 0 unspecified atom stereocenters. The molecule has 1 heterocycles. The van der Waals surface area contributed by atoms with Crippen LogP contribution in [0.4, 0.5) is 0 Å². The van der Waals surface area contributed by atoms with Crippen molar-refractivity contribution < 1.29 is 9.53 Å². The lowest BCUT2D eigenvalue weighted by Gasteiger charge is -2.37. The minimum Gasteiger partial charge on any atom is -0.466 e. The Morgan fingerprint density at radius 3 is 2.25 bits per heavy atom. The number of nitrogens with zero attached hydrogens (tertiary/aromatic N) is 1. The zero-order valence-corrected chi connectivity index (χ0v) is 10.9. The number of likely N-dealkylation sites (tertiary alicyclic amines) is 1. The highest BCUT2D eigenvalue weighted by Crippen LogP contribution is 2.23. The van der Waals surface area contributed by atoms with Gasteiger partial charge in [-0.25, -0.2) is 0 Å². The fraction of sp³-hybridized carbons (Fsp3) is 0.923. The third-order valence-electron chi connectivity index (χ3n) is 3.34. The molecule has 0 aromatic carbocycles. The smallest absolute Gasteiger partial charge is 0.307 e. The van der Waals surface area contributed by atoms with Crippen molar-refractivity contribution in [1.29, 1.82) is 0 Å². The van der Waals surface area contributed by atoms with Crippen molar-refractivity contribution in [2.75, 3.05) is 19.7 Å². The number of ether oxygens (including phenoxy) is 1. The van der Waals surface area contributed by atoms with Gasteiger partial charge in [-0.15, -0.1) is 0 Å². The maximum atomic E-state index is 11.5. The van der Waals surface area contributed by atoms with Gasteiger partial charge in [-0.1, -0.05) is 12.8 Å². The number of hydrogen-bond acceptors (Lipinski definition) is 3. The molecule has 1 fully saturated rings. The van der Waals surface area contributed by atoms with E-state index in [0.717, 1.165) is 13.1 Å². The molecule has 1 aliphatic heterocycles. The van der Waals surface area contributed by atoms with Crippen molar-refractivity contribution in [2.45, 2.75) is 58.4 Å². The van der Waals surface area contributed by atoms with E-state index < -0.39 is 0 Å². The van der Waals surface area contributed by atoms with Crippen molar-refractivity contribution in [3.05, 3.63) is 0 Å². The van der Waals surface area contributed by atoms with E-state index in [9.17, 15) is 4.79 Å². The minimum absolute atomic E-state index is 0.0589. The topological polar surface area (TPSA) is 29.5 Å². The summed E-state index contributed by atoms with van der Waals surface area (Å²) in [5, 5.41) is 0. The summed E-state index contributed by atoms with van der Waals surface area (Å²) in [4.78, 5) is 14.0. The van der Waals surface area contributed by atoms with Crippen molar-refractivity contribution in [3.63, 3.8) is 0 Å². The average molecular weight is 227 g/mol. The van der Waals surface area contributed by atoms with E-state index in [1.165, 1.54) is 25.7 Å². The molecule has 0 radical (unpaired) electrons. The van der Waals surface area contributed by atoms with Gasteiger partial charge in [0, 0.05) is 5.54 Å². The summed E-state index contributed by atoms with van der Waals surface area (Å²) in [5.74, 6) is -0.0725. The standard InChI is InChI=1S/C13H25NO2/c1-4-16-12(15)11-13(2,3)14-9-7-5-6-8-10-14/h4-11H2,1-3H3. The number of rotatable bonds is 4. The molecule has 94 valence electrons. The van der Waals surface area contributed by atoms with Gasteiger partial charge < -0.3 is 4.74 Å². The summed E-state index contributed by atoms with van der Waals surface area (Å²) in [6.07, 6.45) is 5.66. The maximum absolute atomic E-state index is 11.5. The number of hydrogen-bond donors (Lipinski definition) is 0. The largest absolute Gasteiger partial charge is 0.466 e. The van der Waals surface area contributed by atoms with Gasteiger partial charge in [0.1, 0.15) is 0 Å². The molecule has 0 aromatic rings. The van der Waals surface area contributed by atoms with Crippen LogP contribution in [0.2, 0.25) is 0 Å². The van der Waals surface area contributed by atoms with E-state index in [1.807, 2.05) is 6.92 Å². The van der Waals surface area contributed by atoms with Gasteiger partial charge in [-0.2, -0.15) is 0 Å². The van der Waals surface area contributed by atoms with Crippen molar-refractivity contribution in [2.24, 2.45) is 0 Å². The fourth-order valence-electron chi connectivity index (χ4n) is 2.35. The first-order valence-corrected chi connectivity index (χ1v) is 6.47. The summed E-state index contributed by atoms with van der Waals surface area (Å²) >= 11 is 0. The quantitative estimate of drug-likeness (QED) is 0.691. The van der Waals surface area contributed by atoms with Gasteiger partial charge in [0.25, 0.3) is 0 Å². The SMILES string of the molecule is CCOC(=O)CC(C)(C)N1CCCCCC1. The molecule has 3 nitrogen and oxygen atoms in total. The summed E-state index contributed by atoms with van der Waals surface area (Å²) in [7, 11) is 0. The predicted octanol–water partition coefficient (Wildman–Crippen LogP) is 2.59. The molecule has 1 rings (SSSR count). The predicted molar refractivity (Wildman–Crippen MR) is 65.4 cm³/mol. The third-order valence-corrected chi connectivity index (χ3v) is 3.34. The monoisotopic (exact) mass is 227 g/mol. The average Bonchev–Trinajstić information content (AvgIpc) is 2.45. The van der Waals surface area contributed by atoms with Gasteiger partial charge in [-0.05, 0) is 46.7 Å². The third kappa shape index (κ3) is 4.12. The Morgan fingerprint density at radius 1 is 1.19 bits per heavy atom. The molecule has 1 saturated heterocycles. The summed E-state index contributed by atoms with van der Waals surface area (Å²) in [6, 6.07) is 0. The van der Waals surface area contributed by atoms with Crippen LogP contribution < -0.4 is 0 Å². The number of esters is 1. The van der Waals surface area contributed by atoms with E-state index in [4.69, 9.17) is 4.74 Å². The van der Waals surface area contributed by atoms with Crippen LogP contribution in [-0.2, 0) is 9.53 Å². The second kappa shape index (κ2) is 6.24. The highest BCUT2D eigenvalue weighted by molar-refractivity contribution is 5.70. The number of carbonyl (C=O) groups excluding carboxylic acids is 1. The van der Waals surface area contributed by atoms with Crippen LogP contribution in [0.5, 0.6) is 0 Å². The Balaban J connectivity index is 2.49. The summed E-state index contributed by atoms with van der Waals surface area (Å²) in [5.41, 5.74) is -0.0589. The molecule has 0 aliphatic carbocycles. The Kier molecular flexibility index (Phi) is 5.26. The molecule has 3 heteroatoms. The number of carbonyl (C=O) groups is 1. The fourth-order valence-corrected chi connectivity index (χ4v) is 2.35. The van der Waals surface area contributed by atoms with Crippen LogP contribution in [0.15, 0.2) is 0 Å². The molecule has 0 amide bonds. The van der Waals surface area contributed by atoms with E-state index in [-0.39, 0.29) is 11.5 Å². The molecule has 16 heavy (non-hydrogen) atoms. The molecular formula is C13H25NO2. The van der Waals surface area contributed by atoms with Crippen LogP contribution in [0.3, 0.4) is 0 Å². The molecule has 0 bridgehead atoms. The molecule has 1 aliphatic rings. The van der Waals surface area contributed by atoms with Gasteiger partial charge >= 0.3 is 5.97 Å². The second-order valence-corrected chi connectivity index (χ2v) is 5.20. The highest BCUT2D eigenvalue weighted by Gasteiger charge is 2.30. The minimum atomic E-state index is -0.0725. The van der Waals surface area contributed by atoms with Crippen molar-refractivity contribution in [1.82, 2.24) is 4.90 Å². The molecular weight excluding hydrogens is 202 g/mol. The van der Waals surface area contributed by atoms with E-state index in [0.29, 0.717) is 13.0 Å². The van der Waals surface area contributed by atoms with E-state index >= 15 is 0 Å². The molecule has 0 atom stereocenters. The van der Waals surface area contributed by atoms with Gasteiger partial charge in [0.05, 0.1) is 13.0 Å². The van der Waals surface area contributed by atoms with Crippen LogP contribution in [0, 0.1) is 0 Å². The maximum Gasteiger partial charge on any atom is 0.307 e. The zero-order chi connectivity index (χ0) is 12.0. The lowest BCUT2D eigenvalue weighted by atomic mass is 9.97. The normalized spacial score (nSPS) is 19.2. The Labute approximate surface area is 99.1 Å². The lowest BCUT2D eigenvalue weighted by molar-refractivity contribution is -0.146. The van der Waals surface area contributed by atoms with Crippen LogP contribution >= 0.6 is 0 Å². The first-order valence-electron chi connectivity index (χ1n) is 6.47. The van der Waals surface area contributed by atoms with Crippen molar-refractivity contribution >= 4 is 5.97 Å². The van der Waals surface area contributed by atoms with Gasteiger partial charge in [0.15, 0.2) is 0 Å². The van der Waals surface area contributed by atoms with E-state index in [1.54, 1.807) is 0 Å². The molecule has 0 N–H and O–H groups in total. The summed E-state index contributed by atoms with van der Waals surface area (Å²) < 4.78 is 5.03. The first kappa shape index (κ1) is 13.5. The summed E-state index contributed by atoms with van der Waals surface area (Å²) in [6.45, 7) is 8.87. The van der Waals surface area contributed by atoms with E-state index in [2.05, 4.69) is 18.7 Å². The first-order chi connectivity index (χ1) is 7.56. The highest BCUT2D eigenvalue weighted by atomic mass is 16.5. The Morgan fingerprint density at radius 2 is 1.75 bits per heavy atom. The molecule has 0 saturated carbocycles. The van der Waals surface area contributed by atoms with Crippen LogP contribution in [-0.4, -0.2) is 36.1 Å². The molecule has 0 spiro atoms. The van der Waals surface area contributed by atoms with Crippen LogP contribution in [0.1, 0.15) is 52.9 Å². The Bertz CT molecular complexity index is 218. The van der Waals surface area contributed by atoms with Crippen LogP contribution in [0.25, 0.3) is 0 Å². The van der Waals surface area contributed by atoms with Crippen molar-refractivity contribution in [3.8, 4) is 0 Å². The zero-order valence-electron chi connectivity index (χ0n) is 10.9. The second-order valence-electron chi connectivity index (χ2n) is 5.20. The van der Waals surface area contributed by atoms with Gasteiger partial charge in [0.2, 0.25) is 0 Å².